The molecule has 1 saturated carbocycles. The monoisotopic (exact) mass is 409 g/mol. The van der Waals surface area contributed by atoms with E-state index in [0.29, 0.717) is 21.7 Å². The first kappa shape index (κ1) is 19.2. The van der Waals surface area contributed by atoms with Crippen molar-refractivity contribution in [3.63, 3.8) is 0 Å². The van der Waals surface area contributed by atoms with Crippen molar-refractivity contribution >= 4 is 40.2 Å². The standard InChI is InChI=1S/C21H19N3O4S/c1-28-20(27)15-7-3-5-9-17(15)22-18(25)12-29-21-23-16-8-4-2-6-14(16)19(26)24(21)13-10-11-13/h2-9,13H,10-12H2,1H3,(H,22,25). The second kappa shape index (κ2) is 8.08. The number of aromatic nitrogens is 2. The Kier molecular flexibility index (Phi) is 5.35. The molecular weight excluding hydrogens is 390 g/mol. The third-order valence-electron chi connectivity index (χ3n) is 4.63. The van der Waals surface area contributed by atoms with E-state index < -0.39 is 5.97 Å². The number of carbonyl (C=O) groups is 2. The minimum Gasteiger partial charge on any atom is -0.465 e. The van der Waals surface area contributed by atoms with E-state index in [1.54, 1.807) is 41.0 Å². The first-order valence-electron chi connectivity index (χ1n) is 9.19. The molecule has 1 amide bonds. The summed E-state index contributed by atoms with van der Waals surface area (Å²) in [7, 11) is 1.29. The molecule has 1 aromatic heterocycles. The maximum absolute atomic E-state index is 12.9. The minimum absolute atomic E-state index is 0.0625. The van der Waals surface area contributed by atoms with Crippen LogP contribution in [0.4, 0.5) is 5.69 Å². The van der Waals surface area contributed by atoms with Gasteiger partial charge < -0.3 is 10.1 Å². The summed E-state index contributed by atoms with van der Waals surface area (Å²) in [5, 5.41) is 3.85. The number of rotatable bonds is 6. The van der Waals surface area contributed by atoms with E-state index in [9.17, 15) is 14.4 Å². The van der Waals surface area contributed by atoms with Gasteiger partial charge in [-0.25, -0.2) is 9.78 Å². The van der Waals surface area contributed by atoms with Crippen LogP contribution in [0.1, 0.15) is 29.2 Å². The number of amides is 1. The number of hydrogen-bond acceptors (Lipinski definition) is 6. The predicted molar refractivity (Wildman–Crippen MR) is 111 cm³/mol. The third-order valence-corrected chi connectivity index (χ3v) is 5.58. The van der Waals surface area contributed by atoms with Crippen LogP contribution in [0.5, 0.6) is 0 Å². The van der Waals surface area contributed by atoms with Crippen LogP contribution in [0, 0.1) is 0 Å². The normalized spacial score (nSPS) is 13.3. The van der Waals surface area contributed by atoms with Gasteiger partial charge in [-0.3, -0.25) is 14.2 Å². The molecule has 0 spiro atoms. The zero-order valence-corrected chi connectivity index (χ0v) is 16.6. The molecule has 1 heterocycles. The van der Waals surface area contributed by atoms with E-state index in [1.165, 1.54) is 18.9 Å². The van der Waals surface area contributed by atoms with Crippen molar-refractivity contribution < 1.29 is 14.3 Å². The summed E-state index contributed by atoms with van der Waals surface area (Å²) in [4.78, 5) is 41.8. The molecule has 0 unspecified atom stereocenters. The number of nitrogens with zero attached hydrogens (tertiary/aromatic N) is 2. The van der Waals surface area contributed by atoms with Crippen molar-refractivity contribution in [2.24, 2.45) is 0 Å². The molecule has 1 fully saturated rings. The van der Waals surface area contributed by atoms with E-state index in [4.69, 9.17) is 4.74 Å². The lowest BCUT2D eigenvalue weighted by atomic mass is 10.2. The molecule has 0 atom stereocenters. The molecule has 1 aliphatic carbocycles. The van der Waals surface area contributed by atoms with Crippen LogP contribution >= 0.6 is 11.8 Å². The molecule has 29 heavy (non-hydrogen) atoms. The molecule has 7 nitrogen and oxygen atoms in total. The van der Waals surface area contributed by atoms with Crippen LogP contribution in [0.3, 0.4) is 0 Å². The summed E-state index contributed by atoms with van der Waals surface area (Å²) < 4.78 is 6.44. The van der Waals surface area contributed by atoms with Crippen LogP contribution in [0.25, 0.3) is 10.9 Å². The summed E-state index contributed by atoms with van der Waals surface area (Å²) in [5.41, 5.74) is 1.22. The molecule has 3 aromatic rings. The number of esters is 1. The van der Waals surface area contributed by atoms with Gasteiger partial charge in [0.25, 0.3) is 5.56 Å². The smallest absolute Gasteiger partial charge is 0.339 e. The summed E-state index contributed by atoms with van der Waals surface area (Å²) in [6.45, 7) is 0. The number of thioether (sulfide) groups is 1. The Bertz CT molecular complexity index is 1150. The van der Waals surface area contributed by atoms with Crippen LogP contribution in [-0.4, -0.2) is 34.3 Å². The maximum atomic E-state index is 12.9. The van der Waals surface area contributed by atoms with Crippen molar-refractivity contribution in [3.05, 3.63) is 64.4 Å². The highest BCUT2D eigenvalue weighted by atomic mass is 32.2. The quantitative estimate of drug-likeness (QED) is 0.382. The van der Waals surface area contributed by atoms with Crippen LogP contribution < -0.4 is 10.9 Å². The van der Waals surface area contributed by atoms with Gasteiger partial charge in [0.1, 0.15) is 0 Å². The number of para-hydroxylation sites is 2. The predicted octanol–water partition coefficient (Wildman–Crippen LogP) is 3.25. The lowest BCUT2D eigenvalue weighted by Gasteiger charge is -2.13. The Balaban J connectivity index is 1.55. The number of carbonyl (C=O) groups excluding carboxylic acids is 2. The average Bonchev–Trinajstić information content (AvgIpc) is 3.57. The molecular formula is C21H19N3O4S. The number of benzene rings is 2. The number of anilines is 1. The number of methoxy groups -OCH3 is 1. The van der Waals surface area contributed by atoms with Crippen molar-refractivity contribution in [2.45, 2.75) is 24.0 Å². The van der Waals surface area contributed by atoms with Gasteiger partial charge in [-0.1, -0.05) is 36.0 Å². The Morgan fingerprint density at radius 3 is 2.66 bits per heavy atom. The molecule has 0 bridgehead atoms. The average molecular weight is 409 g/mol. The largest absolute Gasteiger partial charge is 0.465 e. The molecule has 4 rings (SSSR count). The number of hydrogen-bond donors (Lipinski definition) is 1. The Labute approximate surface area is 171 Å². The second-order valence-electron chi connectivity index (χ2n) is 6.69. The SMILES string of the molecule is COC(=O)c1ccccc1NC(=O)CSc1nc2ccccc2c(=O)n1C1CC1. The lowest BCUT2D eigenvalue weighted by Crippen LogP contribution is -2.23. The summed E-state index contributed by atoms with van der Waals surface area (Å²) in [6.07, 6.45) is 1.87. The van der Waals surface area contributed by atoms with Gasteiger partial charge >= 0.3 is 5.97 Å². The van der Waals surface area contributed by atoms with E-state index in [1.807, 2.05) is 12.1 Å². The first-order chi connectivity index (χ1) is 14.1. The number of fused-ring (bicyclic) bond motifs is 1. The van der Waals surface area contributed by atoms with Crippen molar-refractivity contribution in [2.75, 3.05) is 18.2 Å². The topological polar surface area (TPSA) is 90.3 Å². The van der Waals surface area contributed by atoms with Gasteiger partial charge in [-0.05, 0) is 37.1 Å². The van der Waals surface area contributed by atoms with E-state index >= 15 is 0 Å². The van der Waals surface area contributed by atoms with Crippen molar-refractivity contribution in [3.8, 4) is 0 Å². The van der Waals surface area contributed by atoms with Gasteiger partial charge in [0.2, 0.25) is 5.91 Å². The number of nitrogens with one attached hydrogen (secondary N) is 1. The molecule has 8 heteroatoms. The highest BCUT2D eigenvalue weighted by molar-refractivity contribution is 7.99. The molecule has 148 valence electrons. The van der Waals surface area contributed by atoms with Gasteiger partial charge in [0.15, 0.2) is 5.16 Å². The van der Waals surface area contributed by atoms with Crippen LogP contribution in [-0.2, 0) is 9.53 Å². The fourth-order valence-electron chi connectivity index (χ4n) is 3.08. The van der Waals surface area contributed by atoms with Crippen molar-refractivity contribution in [1.29, 1.82) is 0 Å². The van der Waals surface area contributed by atoms with Gasteiger partial charge in [-0.2, -0.15) is 0 Å². The van der Waals surface area contributed by atoms with E-state index in [2.05, 4.69) is 10.3 Å². The van der Waals surface area contributed by atoms with Gasteiger partial charge in [0.05, 0.1) is 35.0 Å². The molecule has 0 saturated heterocycles. The molecule has 1 aliphatic rings. The summed E-state index contributed by atoms with van der Waals surface area (Å²) in [6, 6.07) is 14.0. The van der Waals surface area contributed by atoms with Gasteiger partial charge in [-0.15, -0.1) is 0 Å². The summed E-state index contributed by atoms with van der Waals surface area (Å²) >= 11 is 1.22. The lowest BCUT2D eigenvalue weighted by molar-refractivity contribution is -0.113. The third kappa shape index (κ3) is 4.02. The fourth-order valence-corrected chi connectivity index (χ4v) is 3.94. The Morgan fingerprint density at radius 2 is 1.90 bits per heavy atom. The molecule has 0 aliphatic heterocycles. The Morgan fingerprint density at radius 1 is 1.17 bits per heavy atom. The van der Waals surface area contributed by atoms with E-state index in [0.717, 1.165) is 12.8 Å². The maximum Gasteiger partial charge on any atom is 0.339 e. The van der Waals surface area contributed by atoms with E-state index in [-0.39, 0.29) is 28.8 Å². The number of ether oxygens (including phenoxy) is 1. The molecule has 0 radical (unpaired) electrons. The highest BCUT2D eigenvalue weighted by Crippen LogP contribution is 2.36. The van der Waals surface area contributed by atoms with Crippen LogP contribution in [0.15, 0.2) is 58.5 Å². The molecule has 2 aromatic carbocycles. The zero-order valence-electron chi connectivity index (χ0n) is 15.8. The first-order valence-corrected chi connectivity index (χ1v) is 10.2. The van der Waals surface area contributed by atoms with Gasteiger partial charge in [0, 0.05) is 6.04 Å². The van der Waals surface area contributed by atoms with Crippen molar-refractivity contribution in [1.82, 2.24) is 9.55 Å². The molecule has 1 N–H and O–H groups in total. The highest BCUT2D eigenvalue weighted by Gasteiger charge is 2.28. The zero-order chi connectivity index (χ0) is 20.4. The fraction of sp³-hybridized carbons (Fsp3) is 0.238. The second-order valence-corrected chi connectivity index (χ2v) is 7.63. The summed E-state index contributed by atoms with van der Waals surface area (Å²) in [5.74, 6) is -0.754. The Hall–Kier alpha value is -3.13. The van der Waals surface area contributed by atoms with Crippen LogP contribution in [0.2, 0.25) is 0 Å². The minimum atomic E-state index is -0.521.